The van der Waals surface area contributed by atoms with Gasteiger partial charge in [0, 0.05) is 56.6 Å². The van der Waals surface area contributed by atoms with Crippen LogP contribution in [0.1, 0.15) is 44.6 Å². The number of pyridine rings is 1. The SMILES string of the molecule is Cn1cc(CNCc2cc3c(c(C(F)(F)F)c2)CN(c2cc(-c4cc(C#N)ccc4-c4nncn4C)cc(NCCC#N)n2)C3=O)cn1. The molecule has 2 aromatic carbocycles. The van der Waals surface area contributed by atoms with E-state index < -0.39 is 17.6 Å². The van der Waals surface area contributed by atoms with Crippen molar-refractivity contribution in [3.63, 3.8) is 0 Å². The van der Waals surface area contributed by atoms with Gasteiger partial charge in [0.15, 0.2) is 5.82 Å². The zero-order valence-corrected chi connectivity index (χ0v) is 25.9. The molecule has 1 aliphatic rings. The molecule has 1 aliphatic heterocycles. The van der Waals surface area contributed by atoms with Crippen LogP contribution in [0.5, 0.6) is 0 Å². The van der Waals surface area contributed by atoms with Crippen molar-refractivity contribution in [1.82, 2.24) is 34.8 Å². The molecule has 0 unspecified atom stereocenters. The fraction of sp³-hybridized carbons (Fsp3) is 0.242. The summed E-state index contributed by atoms with van der Waals surface area (Å²) in [4.78, 5) is 19.7. The number of fused-ring (bicyclic) bond motifs is 1. The summed E-state index contributed by atoms with van der Waals surface area (Å²) in [7, 11) is 3.54. The van der Waals surface area contributed by atoms with E-state index in [0.29, 0.717) is 46.0 Å². The predicted molar refractivity (Wildman–Crippen MR) is 169 cm³/mol. The van der Waals surface area contributed by atoms with Crippen molar-refractivity contribution in [2.45, 2.75) is 32.2 Å². The summed E-state index contributed by atoms with van der Waals surface area (Å²) < 4.78 is 46.6. The summed E-state index contributed by atoms with van der Waals surface area (Å²) >= 11 is 0. The van der Waals surface area contributed by atoms with Crippen LogP contribution in [0.25, 0.3) is 22.5 Å². The van der Waals surface area contributed by atoms with Crippen LogP contribution in [0.2, 0.25) is 0 Å². The Bertz CT molecular complexity index is 2100. The Morgan fingerprint density at radius 3 is 2.50 bits per heavy atom. The summed E-state index contributed by atoms with van der Waals surface area (Å²) in [6, 6.07) is 15.1. The number of anilines is 2. The zero-order valence-electron chi connectivity index (χ0n) is 25.9. The van der Waals surface area contributed by atoms with E-state index >= 15 is 0 Å². The number of rotatable bonds is 10. The summed E-state index contributed by atoms with van der Waals surface area (Å²) in [6.45, 7) is 0.366. The predicted octanol–water partition coefficient (Wildman–Crippen LogP) is 4.94. The monoisotopic (exact) mass is 651 g/mol. The molecule has 48 heavy (non-hydrogen) atoms. The third kappa shape index (κ3) is 6.44. The maximum atomic E-state index is 14.4. The van der Waals surface area contributed by atoms with Gasteiger partial charge in [0.2, 0.25) is 0 Å². The highest BCUT2D eigenvalue weighted by molar-refractivity contribution is 6.10. The average molecular weight is 652 g/mol. The van der Waals surface area contributed by atoms with E-state index in [1.54, 1.807) is 66.1 Å². The summed E-state index contributed by atoms with van der Waals surface area (Å²) in [5, 5.41) is 37.2. The third-order valence-corrected chi connectivity index (χ3v) is 7.87. The van der Waals surface area contributed by atoms with Gasteiger partial charge in [-0.3, -0.25) is 14.4 Å². The molecule has 1 amide bonds. The number of hydrogen-bond acceptors (Lipinski definition) is 9. The lowest BCUT2D eigenvalue weighted by Crippen LogP contribution is -2.24. The van der Waals surface area contributed by atoms with Gasteiger partial charge >= 0.3 is 6.18 Å². The molecule has 0 saturated heterocycles. The lowest BCUT2D eigenvalue weighted by Gasteiger charge is -2.19. The van der Waals surface area contributed by atoms with Gasteiger partial charge in [-0.15, -0.1) is 10.2 Å². The van der Waals surface area contributed by atoms with Crippen molar-refractivity contribution >= 4 is 17.5 Å². The van der Waals surface area contributed by atoms with E-state index in [0.717, 1.165) is 11.6 Å². The summed E-state index contributed by atoms with van der Waals surface area (Å²) in [6.07, 6.45) is 0.452. The Kier molecular flexibility index (Phi) is 8.63. The van der Waals surface area contributed by atoms with E-state index in [1.807, 2.05) is 6.07 Å². The van der Waals surface area contributed by atoms with Crippen LogP contribution < -0.4 is 15.5 Å². The Balaban J connectivity index is 1.40. The second-order valence-electron chi connectivity index (χ2n) is 11.3. The first-order valence-electron chi connectivity index (χ1n) is 14.8. The maximum absolute atomic E-state index is 14.4. The third-order valence-electron chi connectivity index (χ3n) is 7.87. The second-order valence-corrected chi connectivity index (χ2v) is 11.3. The van der Waals surface area contributed by atoms with Gasteiger partial charge in [-0.2, -0.15) is 28.8 Å². The molecule has 0 fully saturated rings. The molecular formula is C33H28F3N11O. The molecule has 12 nitrogen and oxygen atoms in total. The van der Waals surface area contributed by atoms with Crippen LogP contribution in [0, 0.1) is 22.7 Å². The van der Waals surface area contributed by atoms with Crippen molar-refractivity contribution in [2.24, 2.45) is 14.1 Å². The highest BCUT2D eigenvalue weighted by Gasteiger charge is 2.41. The van der Waals surface area contributed by atoms with Crippen molar-refractivity contribution in [3.8, 4) is 34.7 Å². The molecule has 6 rings (SSSR count). The largest absolute Gasteiger partial charge is 0.416 e. The van der Waals surface area contributed by atoms with E-state index in [1.165, 1.54) is 17.3 Å². The number of nitriles is 2. The van der Waals surface area contributed by atoms with Gasteiger partial charge in [0.05, 0.1) is 42.4 Å². The normalized spacial score (nSPS) is 12.6. The number of hydrogen-bond donors (Lipinski definition) is 2. The molecule has 0 aliphatic carbocycles. The molecule has 0 spiro atoms. The molecule has 0 saturated carbocycles. The highest BCUT2D eigenvalue weighted by atomic mass is 19.4. The number of amides is 1. The molecule has 3 aromatic heterocycles. The van der Waals surface area contributed by atoms with Crippen LogP contribution in [0.4, 0.5) is 24.8 Å². The first-order chi connectivity index (χ1) is 23.0. The van der Waals surface area contributed by atoms with E-state index in [9.17, 15) is 23.2 Å². The zero-order chi connectivity index (χ0) is 34.0. The van der Waals surface area contributed by atoms with E-state index in [-0.39, 0.29) is 43.0 Å². The van der Waals surface area contributed by atoms with Gasteiger partial charge in [-0.25, -0.2) is 4.98 Å². The van der Waals surface area contributed by atoms with Crippen molar-refractivity contribution < 1.29 is 18.0 Å². The Hall–Kier alpha value is -6.06. The molecule has 0 atom stereocenters. The lowest BCUT2D eigenvalue weighted by molar-refractivity contribution is -0.138. The van der Waals surface area contributed by atoms with E-state index in [2.05, 4.69) is 37.0 Å². The quantitative estimate of drug-likeness (QED) is 0.200. The number of aromatic nitrogens is 6. The average Bonchev–Trinajstić information content (AvgIpc) is 3.78. The van der Waals surface area contributed by atoms with Crippen LogP contribution in [-0.2, 0) is 39.9 Å². The Morgan fingerprint density at radius 2 is 1.81 bits per heavy atom. The van der Waals surface area contributed by atoms with Crippen LogP contribution in [-0.4, -0.2) is 42.0 Å². The van der Waals surface area contributed by atoms with Gasteiger partial charge in [-0.1, -0.05) is 0 Å². The fourth-order valence-electron chi connectivity index (χ4n) is 5.64. The molecular weight excluding hydrogens is 623 g/mol. The number of nitrogens with zero attached hydrogens (tertiary/aromatic N) is 9. The topological polar surface area (TPSA) is 153 Å². The fourth-order valence-corrected chi connectivity index (χ4v) is 5.64. The van der Waals surface area contributed by atoms with Crippen LogP contribution >= 0.6 is 0 Å². The van der Waals surface area contributed by atoms with Crippen molar-refractivity contribution in [1.29, 1.82) is 10.5 Å². The highest BCUT2D eigenvalue weighted by Crippen LogP contribution is 2.41. The lowest BCUT2D eigenvalue weighted by atomic mass is 9.97. The van der Waals surface area contributed by atoms with Gasteiger partial charge in [0.1, 0.15) is 18.0 Å². The minimum Gasteiger partial charge on any atom is -0.369 e. The molecule has 15 heteroatoms. The molecule has 2 N–H and O–H groups in total. The number of nitrogens with one attached hydrogen (secondary N) is 2. The summed E-state index contributed by atoms with van der Waals surface area (Å²) in [5.41, 5.74) is 2.18. The Labute approximate surface area is 273 Å². The number of carbonyl (C=O) groups excluding carboxylic acids is 1. The van der Waals surface area contributed by atoms with E-state index in [4.69, 9.17) is 5.26 Å². The van der Waals surface area contributed by atoms with Crippen molar-refractivity contribution in [2.75, 3.05) is 16.8 Å². The molecule has 0 radical (unpaired) electrons. The minimum atomic E-state index is -4.71. The standard InChI is InChI=1S/C33H28F3N11O/c1-45-19-41-44-31(45)24-5-4-20(13-38)8-25(24)23-11-29(40-7-3-6-37)43-30(12-23)47-18-27-26(32(47)48)9-21(10-28(27)33(34,35)36)14-39-15-22-16-42-46(2)17-22/h4-5,8-12,16-17,19,39H,3,7,14-15,18H2,1-2H3,(H,40,43). The number of benzene rings is 2. The van der Waals surface area contributed by atoms with Crippen LogP contribution in [0.3, 0.4) is 0 Å². The number of aryl methyl sites for hydroxylation is 2. The van der Waals surface area contributed by atoms with Gasteiger partial charge in [0.25, 0.3) is 5.91 Å². The van der Waals surface area contributed by atoms with Crippen molar-refractivity contribution in [3.05, 3.63) is 94.6 Å². The molecule has 5 aromatic rings. The molecule has 242 valence electrons. The minimum absolute atomic E-state index is 0.0551. The Morgan fingerprint density at radius 1 is 1.00 bits per heavy atom. The molecule has 0 bridgehead atoms. The first kappa shape index (κ1) is 31.9. The number of halogens is 3. The number of carbonyl (C=O) groups is 1. The molecule has 4 heterocycles. The summed E-state index contributed by atoms with van der Waals surface area (Å²) in [5.74, 6) is 0.278. The first-order valence-corrected chi connectivity index (χ1v) is 14.8. The number of alkyl halides is 3. The second kappa shape index (κ2) is 13.0. The van der Waals surface area contributed by atoms with Gasteiger partial charge < -0.3 is 15.2 Å². The smallest absolute Gasteiger partial charge is 0.369 e. The van der Waals surface area contributed by atoms with Crippen LogP contribution in [0.15, 0.2) is 61.2 Å². The maximum Gasteiger partial charge on any atom is 0.416 e. The van der Waals surface area contributed by atoms with Gasteiger partial charge in [-0.05, 0) is 64.7 Å².